The first-order valence-electron chi connectivity index (χ1n) is 6.65. The van der Waals surface area contributed by atoms with Crippen LogP contribution in [0.4, 0.5) is 0 Å². The third kappa shape index (κ3) is 3.14. The van der Waals surface area contributed by atoms with Crippen molar-refractivity contribution in [3.63, 3.8) is 0 Å². The molecule has 0 fully saturated rings. The van der Waals surface area contributed by atoms with Gasteiger partial charge in [0.15, 0.2) is 5.78 Å². The van der Waals surface area contributed by atoms with Crippen molar-refractivity contribution in [3.8, 4) is 5.75 Å². The van der Waals surface area contributed by atoms with Gasteiger partial charge in [-0.2, -0.15) is 0 Å². The van der Waals surface area contributed by atoms with Crippen LogP contribution in [0.25, 0.3) is 10.1 Å². The highest BCUT2D eigenvalue weighted by Crippen LogP contribution is 2.33. The summed E-state index contributed by atoms with van der Waals surface area (Å²) in [6.45, 7) is 4.76. The van der Waals surface area contributed by atoms with E-state index in [9.17, 15) is 14.7 Å². The molecule has 0 saturated heterocycles. The number of ketones is 2. The van der Waals surface area contributed by atoms with Crippen molar-refractivity contribution in [2.24, 2.45) is 5.41 Å². The van der Waals surface area contributed by atoms with E-state index in [2.05, 4.69) is 0 Å². The molecule has 5 heteroatoms. The molecule has 1 aromatic heterocycles. The molecule has 0 amide bonds. The van der Waals surface area contributed by atoms with E-state index in [4.69, 9.17) is 5.11 Å². The average molecular weight is 306 g/mol. The summed E-state index contributed by atoms with van der Waals surface area (Å²) in [4.78, 5) is 24.4. The van der Waals surface area contributed by atoms with Crippen LogP contribution in [0.2, 0.25) is 0 Å². The second kappa shape index (κ2) is 5.58. The number of carbonyl (C=O) groups is 2. The van der Waals surface area contributed by atoms with Crippen molar-refractivity contribution < 1.29 is 19.8 Å². The van der Waals surface area contributed by atoms with Crippen LogP contribution in [0.15, 0.2) is 18.2 Å². The molecule has 1 aromatic carbocycles. The summed E-state index contributed by atoms with van der Waals surface area (Å²) in [5.74, 6) is -0.0792. The molecule has 0 aliphatic carbocycles. The largest absolute Gasteiger partial charge is 0.508 e. The highest BCUT2D eigenvalue weighted by Gasteiger charge is 2.28. The molecule has 2 aromatic rings. The molecule has 2 rings (SSSR count). The van der Waals surface area contributed by atoms with Crippen molar-refractivity contribution in [3.05, 3.63) is 28.6 Å². The van der Waals surface area contributed by atoms with Crippen molar-refractivity contribution in [2.45, 2.75) is 33.8 Å². The van der Waals surface area contributed by atoms with Crippen LogP contribution in [0, 0.1) is 5.41 Å². The summed E-state index contributed by atoms with van der Waals surface area (Å²) in [6, 6.07) is 4.95. The van der Waals surface area contributed by atoms with Gasteiger partial charge in [-0.3, -0.25) is 9.59 Å². The SMILES string of the molecule is CC(=O)C(C)(C)CC(=O)c1cc2cc(O)c(CO)cc2s1. The number of aromatic hydroxyl groups is 1. The van der Waals surface area contributed by atoms with Gasteiger partial charge in [0.1, 0.15) is 11.5 Å². The summed E-state index contributed by atoms with van der Waals surface area (Å²) in [6.07, 6.45) is 0.161. The summed E-state index contributed by atoms with van der Waals surface area (Å²) in [7, 11) is 0. The van der Waals surface area contributed by atoms with E-state index >= 15 is 0 Å². The van der Waals surface area contributed by atoms with Gasteiger partial charge in [-0.25, -0.2) is 0 Å². The number of hydrogen-bond donors (Lipinski definition) is 2. The van der Waals surface area contributed by atoms with E-state index in [0.717, 1.165) is 10.1 Å². The van der Waals surface area contributed by atoms with Crippen molar-refractivity contribution in [2.75, 3.05) is 0 Å². The third-order valence-corrected chi connectivity index (χ3v) is 4.86. The average Bonchev–Trinajstić information content (AvgIpc) is 2.79. The number of hydrogen-bond acceptors (Lipinski definition) is 5. The molecule has 0 radical (unpaired) electrons. The lowest BCUT2D eigenvalue weighted by Gasteiger charge is -2.19. The predicted octanol–water partition coefficient (Wildman–Crippen LogP) is 3.29. The fraction of sp³-hybridized carbons (Fsp3) is 0.375. The number of Topliss-reactive ketones (excluding diaryl/α,β-unsaturated/α-hetero) is 2. The molecule has 0 spiro atoms. The van der Waals surface area contributed by atoms with Gasteiger partial charge < -0.3 is 10.2 Å². The second-order valence-electron chi connectivity index (χ2n) is 5.83. The van der Waals surface area contributed by atoms with Gasteiger partial charge in [0.05, 0.1) is 11.5 Å². The normalized spacial score (nSPS) is 11.8. The Labute approximate surface area is 127 Å². The zero-order valence-electron chi connectivity index (χ0n) is 12.3. The van der Waals surface area contributed by atoms with Crippen LogP contribution in [0.3, 0.4) is 0 Å². The number of thiophene rings is 1. The molecular formula is C16H18O4S. The van der Waals surface area contributed by atoms with Crippen LogP contribution >= 0.6 is 11.3 Å². The summed E-state index contributed by atoms with van der Waals surface area (Å²) in [5.41, 5.74) is -0.238. The van der Waals surface area contributed by atoms with Gasteiger partial charge in [0.25, 0.3) is 0 Å². The van der Waals surface area contributed by atoms with Crippen LogP contribution in [-0.2, 0) is 11.4 Å². The minimum absolute atomic E-state index is 0.0165. The molecule has 2 N–H and O–H groups in total. The highest BCUT2D eigenvalue weighted by molar-refractivity contribution is 7.20. The number of aliphatic hydroxyl groups excluding tert-OH is 1. The number of phenols is 1. The van der Waals surface area contributed by atoms with E-state index < -0.39 is 5.41 Å². The van der Waals surface area contributed by atoms with Crippen LogP contribution in [-0.4, -0.2) is 21.8 Å². The quantitative estimate of drug-likeness (QED) is 0.831. The smallest absolute Gasteiger partial charge is 0.173 e. The van der Waals surface area contributed by atoms with Gasteiger partial charge in [-0.05, 0) is 30.5 Å². The fourth-order valence-corrected chi connectivity index (χ4v) is 3.04. The van der Waals surface area contributed by atoms with Gasteiger partial charge in [0.2, 0.25) is 0 Å². The number of carbonyl (C=O) groups excluding carboxylic acids is 2. The van der Waals surface area contributed by atoms with Crippen LogP contribution < -0.4 is 0 Å². The Bertz CT molecular complexity index is 712. The number of benzene rings is 1. The Hall–Kier alpha value is -1.72. The van der Waals surface area contributed by atoms with Crippen LogP contribution in [0.5, 0.6) is 5.75 Å². The third-order valence-electron chi connectivity index (χ3n) is 3.72. The summed E-state index contributed by atoms with van der Waals surface area (Å²) in [5, 5.41) is 19.6. The second-order valence-corrected chi connectivity index (χ2v) is 6.91. The standard InChI is InChI=1S/C16H18O4S/c1-9(18)16(2,3)7-13(20)15-5-10-4-12(19)11(8-17)6-14(10)21-15/h4-6,17,19H,7-8H2,1-3H3. The van der Waals surface area contributed by atoms with Gasteiger partial charge >= 0.3 is 0 Å². The molecule has 1 heterocycles. The fourth-order valence-electron chi connectivity index (χ4n) is 1.99. The molecule has 0 aliphatic heterocycles. The van der Waals surface area contributed by atoms with Gasteiger partial charge in [0, 0.05) is 22.1 Å². The minimum atomic E-state index is -0.675. The molecule has 0 saturated carbocycles. The molecule has 0 unspecified atom stereocenters. The first-order chi connectivity index (χ1) is 9.74. The lowest BCUT2D eigenvalue weighted by atomic mass is 9.83. The first kappa shape index (κ1) is 15.7. The number of rotatable bonds is 5. The molecule has 4 nitrogen and oxygen atoms in total. The lowest BCUT2D eigenvalue weighted by Crippen LogP contribution is -2.24. The molecule has 0 aliphatic rings. The van der Waals surface area contributed by atoms with E-state index in [0.29, 0.717) is 10.4 Å². The topological polar surface area (TPSA) is 74.6 Å². The Morgan fingerprint density at radius 2 is 1.90 bits per heavy atom. The lowest BCUT2D eigenvalue weighted by molar-refractivity contribution is -0.124. The maximum absolute atomic E-state index is 12.3. The van der Waals surface area contributed by atoms with E-state index in [1.165, 1.54) is 18.3 Å². The van der Waals surface area contributed by atoms with Crippen LogP contribution in [0.1, 0.15) is 42.4 Å². The number of aliphatic hydroxyl groups is 1. The van der Waals surface area contributed by atoms with E-state index in [-0.39, 0.29) is 30.3 Å². The minimum Gasteiger partial charge on any atom is -0.508 e. The summed E-state index contributed by atoms with van der Waals surface area (Å²) < 4.78 is 0.834. The molecule has 112 valence electrons. The van der Waals surface area contributed by atoms with Gasteiger partial charge in [-0.15, -0.1) is 11.3 Å². The zero-order chi connectivity index (χ0) is 15.8. The van der Waals surface area contributed by atoms with Crippen molar-refractivity contribution in [1.82, 2.24) is 0 Å². The zero-order valence-corrected chi connectivity index (χ0v) is 13.1. The first-order valence-corrected chi connectivity index (χ1v) is 7.47. The maximum Gasteiger partial charge on any atom is 0.173 e. The Balaban J connectivity index is 2.35. The molecule has 21 heavy (non-hydrogen) atoms. The highest BCUT2D eigenvalue weighted by atomic mass is 32.1. The monoisotopic (exact) mass is 306 g/mol. The molecular weight excluding hydrogens is 288 g/mol. The molecule has 0 atom stereocenters. The van der Waals surface area contributed by atoms with Crippen molar-refractivity contribution >= 4 is 33.0 Å². The van der Waals surface area contributed by atoms with E-state index in [1.54, 1.807) is 32.0 Å². The van der Waals surface area contributed by atoms with E-state index in [1.807, 2.05) is 0 Å². The summed E-state index contributed by atoms with van der Waals surface area (Å²) >= 11 is 1.31. The maximum atomic E-state index is 12.3. The Kier molecular flexibility index (Phi) is 4.16. The molecule has 0 bridgehead atoms. The Morgan fingerprint density at radius 3 is 2.48 bits per heavy atom. The number of fused-ring (bicyclic) bond motifs is 1. The predicted molar refractivity (Wildman–Crippen MR) is 82.8 cm³/mol. The van der Waals surface area contributed by atoms with Gasteiger partial charge in [-0.1, -0.05) is 13.8 Å². The Morgan fingerprint density at radius 1 is 1.24 bits per heavy atom. The van der Waals surface area contributed by atoms with Crippen molar-refractivity contribution in [1.29, 1.82) is 0 Å².